The van der Waals surface area contributed by atoms with E-state index in [1.54, 1.807) is 4.90 Å². The number of hydrogen-bond donors (Lipinski definition) is 0. The average molecular weight is 215 g/mol. The van der Waals surface area contributed by atoms with Gasteiger partial charge in [0, 0.05) is 19.7 Å². The third kappa shape index (κ3) is 4.08. The summed E-state index contributed by atoms with van der Waals surface area (Å²) in [7, 11) is 0. The monoisotopic (exact) mass is 215 g/mol. The third-order valence-electron chi connectivity index (χ3n) is 2.44. The molecule has 0 aliphatic carbocycles. The topological polar surface area (TPSA) is 38.8 Å². The van der Waals surface area contributed by atoms with Crippen LogP contribution in [0.25, 0.3) is 0 Å². The average Bonchev–Trinajstić information content (AvgIpc) is 2.18. The normalized spacial score (nSPS) is 18.3. The Morgan fingerprint density at radius 1 is 1.40 bits per heavy atom. The molecule has 4 heteroatoms. The van der Waals surface area contributed by atoms with Crippen molar-refractivity contribution in [3.05, 3.63) is 0 Å². The molecular formula is C11H21NO3. The Balaban J connectivity index is 2.27. The molecule has 88 valence electrons. The molecule has 1 aliphatic rings. The number of nitrogens with zero attached hydrogens (tertiary/aromatic N) is 1. The van der Waals surface area contributed by atoms with Gasteiger partial charge in [0.05, 0.1) is 12.2 Å². The van der Waals surface area contributed by atoms with E-state index in [-0.39, 0.29) is 12.2 Å². The minimum Gasteiger partial charge on any atom is -0.447 e. The standard InChI is InChI=1S/C11H21NO3/c1-4-14-10-5-7-12(8-6-10)11(13)15-9(2)3/h9-10H,4-8H2,1-3H3. The van der Waals surface area contributed by atoms with Gasteiger partial charge in [-0.1, -0.05) is 0 Å². The quantitative estimate of drug-likeness (QED) is 0.723. The van der Waals surface area contributed by atoms with Crippen LogP contribution in [0.4, 0.5) is 4.79 Å². The predicted octanol–water partition coefficient (Wildman–Crippen LogP) is 2.03. The first-order valence-corrected chi connectivity index (χ1v) is 5.70. The van der Waals surface area contributed by atoms with Crippen molar-refractivity contribution in [2.24, 2.45) is 0 Å². The van der Waals surface area contributed by atoms with Crippen LogP contribution in [0.2, 0.25) is 0 Å². The molecule has 0 saturated carbocycles. The molecule has 15 heavy (non-hydrogen) atoms. The number of piperidine rings is 1. The molecule has 0 unspecified atom stereocenters. The Hall–Kier alpha value is -0.770. The van der Waals surface area contributed by atoms with E-state index < -0.39 is 0 Å². The molecule has 0 bridgehead atoms. The maximum Gasteiger partial charge on any atom is 0.410 e. The first-order valence-electron chi connectivity index (χ1n) is 5.70. The van der Waals surface area contributed by atoms with Crippen molar-refractivity contribution in [3.8, 4) is 0 Å². The molecule has 1 aliphatic heterocycles. The van der Waals surface area contributed by atoms with Crippen molar-refractivity contribution >= 4 is 6.09 Å². The van der Waals surface area contributed by atoms with E-state index in [1.807, 2.05) is 20.8 Å². The lowest BCUT2D eigenvalue weighted by Gasteiger charge is -2.31. The Morgan fingerprint density at radius 3 is 2.47 bits per heavy atom. The van der Waals surface area contributed by atoms with E-state index in [2.05, 4.69) is 0 Å². The van der Waals surface area contributed by atoms with Crippen LogP contribution in [-0.2, 0) is 9.47 Å². The number of likely N-dealkylation sites (tertiary alicyclic amines) is 1. The lowest BCUT2D eigenvalue weighted by atomic mass is 10.1. The minimum atomic E-state index is -0.194. The zero-order chi connectivity index (χ0) is 11.3. The highest BCUT2D eigenvalue weighted by Crippen LogP contribution is 2.14. The number of carbonyl (C=O) groups is 1. The fraction of sp³-hybridized carbons (Fsp3) is 0.909. The van der Waals surface area contributed by atoms with Gasteiger partial charge in [0.25, 0.3) is 0 Å². The van der Waals surface area contributed by atoms with Crippen LogP contribution in [0.1, 0.15) is 33.6 Å². The summed E-state index contributed by atoms with van der Waals surface area (Å²) in [5.74, 6) is 0. The zero-order valence-electron chi connectivity index (χ0n) is 9.86. The lowest BCUT2D eigenvalue weighted by Crippen LogP contribution is -2.41. The highest BCUT2D eigenvalue weighted by Gasteiger charge is 2.24. The fourth-order valence-corrected chi connectivity index (χ4v) is 1.72. The molecule has 1 saturated heterocycles. The number of carbonyl (C=O) groups excluding carboxylic acids is 1. The number of amides is 1. The van der Waals surface area contributed by atoms with Crippen molar-refractivity contribution < 1.29 is 14.3 Å². The molecule has 0 spiro atoms. The Morgan fingerprint density at radius 2 is 2.00 bits per heavy atom. The van der Waals surface area contributed by atoms with Gasteiger partial charge in [0.15, 0.2) is 0 Å². The van der Waals surface area contributed by atoms with Gasteiger partial charge in [-0.25, -0.2) is 4.79 Å². The highest BCUT2D eigenvalue weighted by molar-refractivity contribution is 5.67. The highest BCUT2D eigenvalue weighted by atomic mass is 16.6. The Kier molecular flexibility index (Phi) is 4.88. The van der Waals surface area contributed by atoms with Crippen molar-refractivity contribution in [1.82, 2.24) is 4.90 Å². The molecule has 1 amide bonds. The van der Waals surface area contributed by atoms with Crippen LogP contribution in [0.3, 0.4) is 0 Å². The summed E-state index contributed by atoms with van der Waals surface area (Å²) in [5.41, 5.74) is 0. The summed E-state index contributed by atoms with van der Waals surface area (Å²) in [6.07, 6.45) is 1.92. The lowest BCUT2D eigenvalue weighted by molar-refractivity contribution is 0.00750. The molecule has 0 aromatic heterocycles. The second-order valence-corrected chi connectivity index (χ2v) is 4.07. The van der Waals surface area contributed by atoms with E-state index in [1.165, 1.54) is 0 Å². The minimum absolute atomic E-state index is 0.0397. The number of ether oxygens (including phenoxy) is 2. The molecule has 1 rings (SSSR count). The van der Waals surface area contributed by atoms with Gasteiger partial charge in [-0.05, 0) is 33.6 Å². The summed E-state index contributed by atoms with van der Waals surface area (Å²) in [6, 6.07) is 0. The first kappa shape index (κ1) is 12.3. The summed E-state index contributed by atoms with van der Waals surface area (Å²) in [5, 5.41) is 0. The van der Waals surface area contributed by atoms with Crippen LogP contribution >= 0.6 is 0 Å². The van der Waals surface area contributed by atoms with Crippen LogP contribution in [0.5, 0.6) is 0 Å². The number of hydrogen-bond acceptors (Lipinski definition) is 3. The maximum absolute atomic E-state index is 11.5. The number of rotatable bonds is 3. The largest absolute Gasteiger partial charge is 0.447 e. The van der Waals surface area contributed by atoms with Gasteiger partial charge in [0.1, 0.15) is 0 Å². The first-order chi connectivity index (χ1) is 7.13. The van der Waals surface area contributed by atoms with E-state index >= 15 is 0 Å². The smallest absolute Gasteiger partial charge is 0.410 e. The van der Waals surface area contributed by atoms with Gasteiger partial charge >= 0.3 is 6.09 Å². The summed E-state index contributed by atoms with van der Waals surface area (Å²) in [4.78, 5) is 13.3. The van der Waals surface area contributed by atoms with Crippen molar-refractivity contribution in [2.75, 3.05) is 19.7 Å². The second-order valence-electron chi connectivity index (χ2n) is 4.07. The van der Waals surface area contributed by atoms with Crippen molar-refractivity contribution in [3.63, 3.8) is 0 Å². The van der Waals surface area contributed by atoms with Crippen molar-refractivity contribution in [2.45, 2.75) is 45.8 Å². The maximum atomic E-state index is 11.5. The molecular weight excluding hydrogens is 194 g/mol. The van der Waals surface area contributed by atoms with Gasteiger partial charge in [-0.3, -0.25) is 0 Å². The van der Waals surface area contributed by atoms with Crippen LogP contribution < -0.4 is 0 Å². The van der Waals surface area contributed by atoms with Crippen LogP contribution in [0.15, 0.2) is 0 Å². The summed E-state index contributed by atoms with van der Waals surface area (Å²) >= 11 is 0. The summed E-state index contributed by atoms with van der Waals surface area (Å²) < 4.78 is 10.6. The van der Waals surface area contributed by atoms with Gasteiger partial charge in [-0.15, -0.1) is 0 Å². The molecule has 0 aromatic carbocycles. The Labute approximate surface area is 91.5 Å². The third-order valence-corrected chi connectivity index (χ3v) is 2.44. The molecule has 0 N–H and O–H groups in total. The summed E-state index contributed by atoms with van der Waals surface area (Å²) in [6.45, 7) is 7.97. The van der Waals surface area contributed by atoms with E-state index in [4.69, 9.17) is 9.47 Å². The van der Waals surface area contributed by atoms with Crippen LogP contribution in [0, 0.1) is 0 Å². The molecule has 0 atom stereocenters. The van der Waals surface area contributed by atoms with E-state index in [0.717, 1.165) is 32.5 Å². The van der Waals surface area contributed by atoms with Gasteiger partial charge < -0.3 is 14.4 Å². The SMILES string of the molecule is CCOC1CCN(C(=O)OC(C)C)CC1. The molecule has 1 fully saturated rings. The fourth-order valence-electron chi connectivity index (χ4n) is 1.72. The zero-order valence-corrected chi connectivity index (χ0v) is 9.86. The Bertz CT molecular complexity index is 198. The molecule has 0 radical (unpaired) electrons. The van der Waals surface area contributed by atoms with Gasteiger partial charge in [0.2, 0.25) is 0 Å². The second kappa shape index (κ2) is 5.95. The van der Waals surface area contributed by atoms with Crippen molar-refractivity contribution in [1.29, 1.82) is 0 Å². The van der Waals surface area contributed by atoms with Crippen LogP contribution in [-0.4, -0.2) is 42.9 Å². The van der Waals surface area contributed by atoms with Gasteiger partial charge in [-0.2, -0.15) is 0 Å². The molecule has 0 aromatic rings. The molecule has 1 heterocycles. The molecule has 4 nitrogen and oxygen atoms in total. The predicted molar refractivity (Wildman–Crippen MR) is 57.8 cm³/mol. The van der Waals surface area contributed by atoms with E-state index in [0.29, 0.717) is 6.10 Å². The van der Waals surface area contributed by atoms with E-state index in [9.17, 15) is 4.79 Å².